The number of rotatable bonds is 10. The second kappa shape index (κ2) is 12.8. The van der Waals surface area contributed by atoms with Gasteiger partial charge in [0.05, 0.1) is 25.7 Å². The highest BCUT2D eigenvalue weighted by Crippen LogP contribution is 2.33. The Bertz CT molecular complexity index is 807. The third-order valence-corrected chi connectivity index (χ3v) is 5.20. The van der Waals surface area contributed by atoms with Gasteiger partial charge in [-0.1, -0.05) is 50.8 Å². The van der Waals surface area contributed by atoms with Crippen LogP contribution in [0.4, 0.5) is 0 Å². The largest absolute Gasteiger partial charge is 0.464 e. The van der Waals surface area contributed by atoms with Crippen molar-refractivity contribution in [3.05, 3.63) is 54.3 Å². The summed E-state index contributed by atoms with van der Waals surface area (Å²) >= 11 is 0. The number of esters is 1. The molecule has 0 bridgehead atoms. The number of ether oxygens (including phenoxy) is 2. The molecule has 1 aromatic heterocycles. The predicted molar refractivity (Wildman–Crippen MR) is 117 cm³/mol. The standard InChI is InChI=1S/C24H33NO5/c1-7-13-21(26)24(3,4)18(2)14-11-9-8-10-12-15-19(28-5)16-22-25-20(17-30-22)23(27)29-6/h7,9,11-13,15,17-19,21,26H,14,16H2,1-6H3/b11-9-,13-7+,15-12+/t18-,19-,21-/m0/s1. The number of aromatic nitrogens is 1. The van der Waals surface area contributed by atoms with Crippen LogP contribution < -0.4 is 0 Å². The molecule has 3 atom stereocenters. The van der Waals surface area contributed by atoms with Crippen LogP contribution in [0.5, 0.6) is 0 Å². The molecule has 0 aliphatic rings. The highest BCUT2D eigenvalue weighted by molar-refractivity contribution is 5.86. The number of nitrogens with zero attached hydrogens (tertiary/aromatic N) is 1. The average molecular weight is 416 g/mol. The molecule has 0 aliphatic carbocycles. The molecular formula is C24H33NO5. The minimum atomic E-state index is -0.541. The summed E-state index contributed by atoms with van der Waals surface area (Å²) in [6, 6.07) is 0. The van der Waals surface area contributed by atoms with Gasteiger partial charge in [-0.25, -0.2) is 9.78 Å². The third-order valence-electron chi connectivity index (χ3n) is 5.20. The van der Waals surface area contributed by atoms with E-state index < -0.39 is 12.1 Å². The van der Waals surface area contributed by atoms with E-state index in [0.29, 0.717) is 18.2 Å². The number of aliphatic hydroxyl groups excluding tert-OH is 1. The summed E-state index contributed by atoms with van der Waals surface area (Å²) in [5.74, 6) is 6.05. The Hall–Kier alpha value is -2.62. The van der Waals surface area contributed by atoms with E-state index in [1.165, 1.54) is 13.4 Å². The number of aliphatic hydroxyl groups is 1. The van der Waals surface area contributed by atoms with Crippen molar-refractivity contribution < 1.29 is 23.8 Å². The van der Waals surface area contributed by atoms with Gasteiger partial charge in [-0.05, 0) is 42.9 Å². The molecule has 30 heavy (non-hydrogen) atoms. The van der Waals surface area contributed by atoms with Gasteiger partial charge in [-0.15, -0.1) is 0 Å². The average Bonchev–Trinajstić information content (AvgIpc) is 3.19. The van der Waals surface area contributed by atoms with Gasteiger partial charge in [0.15, 0.2) is 11.6 Å². The van der Waals surface area contributed by atoms with E-state index in [9.17, 15) is 9.90 Å². The van der Waals surface area contributed by atoms with Crippen LogP contribution in [0.3, 0.4) is 0 Å². The molecule has 164 valence electrons. The molecule has 0 radical (unpaired) electrons. The van der Waals surface area contributed by atoms with E-state index in [-0.39, 0.29) is 17.2 Å². The minimum Gasteiger partial charge on any atom is -0.464 e. The molecular weight excluding hydrogens is 382 g/mol. The Balaban J connectivity index is 2.54. The maximum Gasteiger partial charge on any atom is 0.360 e. The summed E-state index contributed by atoms with van der Waals surface area (Å²) < 4.78 is 15.2. The second-order valence-corrected chi connectivity index (χ2v) is 7.58. The van der Waals surface area contributed by atoms with Crippen molar-refractivity contribution in [2.45, 2.75) is 52.7 Å². The van der Waals surface area contributed by atoms with Gasteiger partial charge >= 0.3 is 5.97 Å². The van der Waals surface area contributed by atoms with Crippen LogP contribution in [0.25, 0.3) is 0 Å². The topological polar surface area (TPSA) is 81.8 Å². The zero-order valence-electron chi connectivity index (χ0n) is 18.7. The van der Waals surface area contributed by atoms with Crippen LogP contribution in [0.1, 0.15) is 50.5 Å². The van der Waals surface area contributed by atoms with Gasteiger partial charge in [0, 0.05) is 7.11 Å². The van der Waals surface area contributed by atoms with Gasteiger partial charge < -0.3 is 19.0 Å². The Kier molecular flexibility index (Phi) is 10.9. The van der Waals surface area contributed by atoms with Crippen molar-refractivity contribution >= 4 is 5.97 Å². The Morgan fingerprint density at radius 1 is 1.30 bits per heavy atom. The summed E-state index contributed by atoms with van der Waals surface area (Å²) in [4.78, 5) is 15.5. The van der Waals surface area contributed by atoms with E-state index >= 15 is 0 Å². The number of oxazole rings is 1. The number of allylic oxidation sites excluding steroid dienone is 4. The zero-order chi connectivity index (χ0) is 22.6. The SMILES string of the molecule is C/C=C/[C@H](O)C(C)(C)[C@@H](C)C/C=C\C#C/C=C/[C@@H](Cc1nc(C(=O)OC)co1)OC. The first kappa shape index (κ1) is 25.4. The van der Waals surface area contributed by atoms with Crippen LogP contribution in [-0.4, -0.2) is 42.5 Å². The summed E-state index contributed by atoms with van der Waals surface area (Å²) in [6.45, 7) is 8.17. The fourth-order valence-corrected chi connectivity index (χ4v) is 2.61. The number of methoxy groups -OCH3 is 2. The van der Waals surface area contributed by atoms with E-state index in [2.05, 4.69) is 42.3 Å². The molecule has 1 rings (SSSR count). The first-order valence-corrected chi connectivity index (χ1v) is 9.95. The fourth-order valence-electron chi connectivity index (χ4n) is 2.61. The van der Waals surface area contributed by atoms with Crippen molar-refractivity contribution in [2.24, 2.45) is 11.3 Å². The van der Waals surface area contributed by atoms with Gasteiger partial charge in [-0.2, -0.15) is 0 Å². The lowest BCUT2D eigenvalue weighted by Gasteiger charge is -2.34. The maximum atomic E-state index is 11.4. The molecule has 1 N–H and O–H groups in total. The zero-order valence-corrected chi connectivity index (χ0v) is 18.7. The fraction of sp³-hybridized carbons (Fsp3) is 0.500. The van der Waals surface area contributed by atoms with Crippen molar-refractivity contribution in [1.82, 2.24) is 4.98 Å². The lowest BCUT2D eigenvalue weighted by Crippen LogP contribution is -2.33. The number of hydrogen-bond acceptors (Lipinski definition) is 6. The summed E-state index contributed by atoms with van der Waals surface area (Å²) in [5, 5.41) is 10.2. The molecule has 1 heterocycles. The van der Waals surface area contributed by atoms with Crippen molar-refractivity contribution in [1.29, 1.82) is 0 Å². The molecule has 0 spiro atoms. The molecule has 0 amide bonds. The van der Waals surface area contributed by atoms with Crippen molar-refractivity contribution in [3.8, 4) is 11.8 Å². The van der Waals surface area contributed by atoms with Gasteiger partial charge in [0.1, 0.15) is 6.26 Å². The summed E-state index contributed by atoms with van der Waals surface area (Å²) in [7, 11) is 2.87. The molecule has 0 aromatic carbocycles. The molecule has 0 saturated heterocycles. The molecule has 1 aromatic rings. The Morgan fingerprint density at radius 3 is 2.63 bits per heavy atom. The summed E-state index contributed by atoms with van der Waals surface area (Å²) in [6.07, 6.45) is 12.8. The highest BCUT2D eigenvalue weighted by atomic mass is 16.5. The highest BCUT2D eigenvalue weighted by Gasteiger charge is 2.31. The van der Waals surface area contributed by atoms with E-state index in [1.807, 2.05) is 37.3 Å². The molecule has 0 aliphatic heterocycles. The second-order valence-electron chi connectivity index (χ2n) is 7.58. The van der Waals surface area contributed by atoms with Crippen LogP contribution >= 0.6 is 0 Å². The van der Waals surface area contributed by atoms with Crippen LogP contribution in [-0.2, 0) is 15.9 Å². The number of carbonyl (C=O) groups excluding carboxylic acids is 1. The molecule has 0 saturated carbocycles. The quantitative estimate of drug-likeness (QED) is 0.352. The lowest BCUT2D eigenvalue weighted by molar-refractivity contribution is 0.0474. The van der Waals surface area contributed by atoms with Crippen molar-refractivity contribution in [3.63, 3.8) is 0 Å². The monoisotopic (exact) mass is 415 g/mol. The Labute approximate surface area is 179 Å². The van der Waals surface area contributed by atoms with Crippen molar-refractivity contribution in [2.75, 3.05) is 14.2 Å². The molecule has 6 heteroatoms. The van der Waals surface area contributed by atoms with Crippen LogP contribution in [0.2, 0.25) is 0 Å². The first-order valence-electron chi connectivity index (χ1n) is 9.95. The lowest BCUT2D eigenvalue weighted by atomic mass is 9.73. The van der Waals surface area contributed by atoms with E-state index in [0.717, 1.165) is 6.42 Å². The van der Waals surface area contributed by atoms with Gasteiger partial charge in [0.25, 0.3) is 0 Å². The van der Waals surface area contributed by atoms with Gasteiger partial charge in [-0.3, -0.25) is 0 Å². The number of hydrogen-bond donors (Lipinski definition) is 1. The molecule has 6 nitrogen and oxygen atoms in total. The van der Waals surface area contributed by atoms with Crippen LogP contribution in [0, 0.1) is 23.2 Å². The predicted octanol–water partition coefficient (Wildman–Crippen LogP) is 4.12. The van der Waals surface area contributed by atoms with E-state index in [4.69, 9.17) is 9.15 Å². The van der Waals surface area contributed by atoms with Crippen LogP contribution in [0.15, 0.2) is 47.1 Å². The number of carbonyl (C=O) groups is 1. The summed E-state index contributed by atoms with van der Waals surface area (Å²) in [5.41, 5.74) is -0.0874. The van der Waals surface area contributed by atoms with E-state index in [1.54, 1.807) is 13.2 Å². The molecule has 0 fully saturated rings. The third kappa shape index (κ3) is 8.02. The molecule has 0 unspecified atom stereocenters. The first-order chi connectivity index (χ1) is 14.3. The maximum absolute atomic E-state index is 11.4. The Morgan fingerprint density at radius 2 is 2.00 bits per heavy atom. The smallest absolute Gasteiger partial charge is 0.360 e. The van der Waals surface area contributed by atoms with Gasteiger partial charge in [0.2, 0.25) is 0 Å². The normalized spacial score (nSPS) is 15.3. The minimum absolute atomic E-state index is 0.131.